The molecule has 24 aromatic rings. The molecule has 0 saturated carbocycles. The van der Waals surface area contributed by atoms with Gasteiger partial charge in [-0.25, -0.2) is 0 Å². The van der Waals surface area contributed by atoms with Crippen molar-refractivity contribution in [3.05, 3.63) is 307 Å². The number of carbonyl (C=O) groups excluding carboxylic acids is 2. The largest absolute Gasteiger partial charge is 0.573 e. The van der Waals surface area contributed by atoms with Crippen LogP contribution in [0, 0.1) is 93.2 Å². The molecule has 12 aromatic heterocycles. The Morgan fingerprint density at radius 2 is 0.607 bits per heavy atom. The summed E-state index contributed by atoms with van der Waals surface area (Å²) < 4.78 is 85.2. The number of nitro groups is 1. The van der Waals surface area contributed by atoms with Crippen molar-refractivity contribution in [3.63, 3.8) is 0 Å². The molecule has 0 aliphatic carbocycles. The average Bonchev–Trinajstić information content (AvgIpc) is 1.63. The average molecular weight is 1800 g/mol. The van der Waals surface area contributed by atoms with E-state index in [0.29, 0.717) is 16.6 Å². The molecular formula is C108H87F6N15O6. The quantitative estimate of drug-likeness (QED) is 0.0453. The molecule has 135 heavy (non-hydrogen) atoms. The number of nitro benzene ring substituents is 1. The lowest BCUT2D eigenvalue weighted by atomic mass is 10.0. The summed E-state index contributed by atoms with van der Waals surface area (Å²) in [4.78, 5) is 80.5. The Bertz CT molecular complexity index is 8960. The number of nitrogens with zero attached hydrogens (tertiary/aromatic N) is 7. The Balaban J connectivity index is 0.000000104. The predicted molar refractivity (Wildman–Crippen MR) is 531 cm³/mol. The molecule has 0 fully saturated rings. The van der Waals surface area contributed by atoms with E-state index in [1.54, 1.807) is 49.8 Å². The number of anilines is 1. The number of halogens is 6. The van der Waals surface area contributed by atoms with E-state index in [1.807, 2.05) is 113 Å². The topological polar surface area (TPSA) is 306 Å². The van der Waals surface area contributed by atoms with Crippen molar-refractivity contribution < 1.29 is 50.3 Å². The number of ether oxygens (including phenoxy) is 2. The van der Waals surface area contributed by atoms with Crippen LogP contribution in [0.4, 0.5) is 37.7 Å². The zero-order chi connectivity index (χ0) is 95.0. The molecule has 0 aliphatic heterocycles. The van der Waals surface area contributed by atoms with Gasteiger partial charge >= 0.3 is 12.5 Å². The van der Waals surface area contributed by atoms with Crippen molar-refractivity contribution in [1.29, 1.82) is 0 Å². The number of nitrogens with one attached hydrogen (secondary N) is 7. The van der Waals surface area contributed by atoms with Gasteiger partial charge in [0, 0.05) is 193 Å². The van der Waals surface area contributed by atoms with Crippen molar-refractivity contribution in [1.82, 2.24) is 59.8 Å². The minimum Gasteiger partial charge on any atom is -0.497 e. The number of hydrogen-bond acceptors (Lipinski definition) is 12. The first kappa shape index (κ1) is 87.7. The molecule has 21 nitrogen and oxygen atoms in total. The van der Waals surface area contributed by atoms with Crippen molar-refractivity contribution in [3.8, 4) is 11.5 Å². The van der Waals surface area contributed by atoms with Gasteiger partial charge in [0.25, 0.3) is 5.69 Å². The second-order valence-electron chi connectivity index (χ2n) is 34.7. The summed E-state index contributed by atoms with van der Waals surface area (Å²) in [6.45, 7) is 26.4. The van der Waals surface area contributed by atoms with E-state index in [-0.39, 0.29) is 22.3 Å². The number of fused-ring (bicyclic) bond motifs is 30. The third-order valence-electron chi connectivity index (χ3n) is 25.9. The SMILES string of the molecule is CC(=O)Nc1ccc2c(c1)[nH]c1c3cc(C)c(C)cc3ncc21.COc1ccc2c(c1)[nH]c1c3cc(C)c(C)cc3ncc21.Cc1cc2ncc3c4ccc(C(F)(F)F)cc4[nH]c3c2cc1C.Cc1cc2ncc3c4ccc(C(N)=O)cc4[nH]c3c2cc1C.Cc1cc2ncc3c4ccc(OC(F)(F)F)cc4[nH]c3c2cc1C.Cc1cc2ncc3c4ccc([N+](=O)[O-])cc4[nH]c3c2cc1C. The van der Waals surface area contributed by atoms with E-state index in [4.69, 9.17) is 10.5 Å². The van der Waals surface area contributed by atoms with E-state index >= 15 is 0 Å². The van der Waals surface area contributed by atoms with Gasteiger partial charge in [-0.05, 0) is 289 Å². The van der Waals surface area contributed by atoms with Crippen LogP contribution in [-0.4, -0.2) is 90.0 Å². The van der Waals surface area contributed by atoms with Crippen LogP contribution in [0.3, 0.4) is 0 Å². The Morgan fingerprint density at radius 3 is 0.919 bits per heavy atom. The Labute approximate surface area is 764 Å². The zero-order valence-corrected chi connectivity index (χ0v) is 75.7. The minimum atomic E-state index is -4.71. The number of amides is 2. The summed E-state index contributed by atoms with van der Waals surface area (Å²) in [6, 6.07) is 55.6. The van der Waals surface area contributed by atoms with E-state index in [2.05, 4.69) is 180 Å². The summed E-state index contributed by atoms with van der Waals surface area (Å²) in [7, 11) is 1.69. The normalized spacial score (nSPS) is 11.9. The first-order valence-corrected chi connectivity index (χ1v) is 43.4. The molecule has 0 aliphatic rings. The lowest BCUT2D eigenvalue weighted by molar-refractivity contribution is -0.384. The Kier molecular flexibility index (Phi) is 21.9. The number of carbonyl (C=O) groups is 2. The number of pyridine rings is 6. The predicted octanol–water partition coefficient (Wildman–Crippen LogP) is 27.8. The number of nitrogens with two attached hydrogens (primary N) is 1. The van der Waals surface area contributed by atoms with Crippen molar-refractivity contribution >= 4 is 219 Å². The molecule has 12 heterocycles. The van der Waals surface area contributed by atoms with Gasteiger partial charge in [-0.2, -0.15) is 13.2 Å². The molecule has 0 unspecified atom stereocenters. The van der Waals surface area contributed by atoms with Gasteiger partial charge < -0.3 is 50.4 Å². The minimum absolute atomic E-state index is 0.0707. The molecule has 12 aromatic carbocycles. The third-order valence-corrected chi connectivity index (χ3v) is 25.9. The smallest absolute Gasteiger partial charge is 0.497 e. The molecule has 0 spiro atoms. The molecule has 9 N–H and O–H groups in total. The Hall–Kier alpha value is -16.6. The van der Waals surface area contributed by atoms with Crippen LogP contribution in [0.5, 0.6) is 11.5 Å². The van der Waals surface area contributed by atoms with Crippen LogP contribution in [0.1, 0.15) is 89.6 Å². The Morgan fingerprint density at radius 1 is 0.333 bits per heavy atom. The lowest BCUT2D eigenvalue weighted by Crippen LogP contribution is -2.16. The number of aromatic amines is 6. The van der Waals surface area contributed by atoms with Gasteiger partial charge in [0.2, 0.25) is 11.8 Å². The van der Waals surface area contributed by atoms with Gasteiger partial charge in [0.1, 0.15) is 11.5 Å². The van der Waals surface area contributed by atoms with Crippen LogP contribution in [0.15, 0.2) is 219 Å². The molecule has 0 atom stereocenters. The number of primary amides is 1. The molecule has 0 saturated heterocycles. The highest BCUT2D eigenvalue weighted by Gasteiger charge is 2.33. The monoisotopic (exact) mass is 1800 g/mol. The molecule has 0 bridgehead atoms. The van der Waals surface area contributed by atoms with E-state index in [9.17, 15) is 46.0 Å². The van der Waals surface area contributed by atoms with Crippen molar-refractivity contribution in [2.45, 2.75) is 103 Å². The second kappa shape index (κ2) is 33.7. The van der Waals surface area contributed by atoms with Crippen molar-refractivity contribution in [2.24, 2.45) is 5.73 Å². The maximum Gasteiger partial charge on any atom is 0.573 e. The third kappa shape index (κ3) is 16.4. The van der Waals surface area contributed by atoms with Gasteiger partial charge in [0.05, 0.1) is 100 Å². The number of aryl methyl sites for hydroxylation is 12. The summed E-state index contributed by atoms with van der Waals surface area (Å²) in [5.74, 6) is 0.123. The van der Waals surface area contributed by atoms with Gasteiger partial charge in [0.15, 0.2) is 0 Å². The molecule has 2 amide bonds. The standard InChI is InChI=1S/C19H17N3O.C18H13F3N2O.C18H13F3N2.C18H15N3O.C18H16N2O.C17H13N3O2/c1-10-6-15-17(7-11(10)2)20-9-16-14-5-4-13(21-12(3)23)8-18(14)22-19(15)16;1-9-5-13-15(6-10(9)2)22-8-14-12-4-3-11(24-18(19,20)21)7-16(12)23-17(13)14;1-9-5-13-15(6-10(9)2)22-8-14-12-4-3-11(18(19,20)21)7-16(12)23-17(13)14;1-9-5-13-15(6-10(9)2)20-8-14-12-4-3-11(18(19)22)7-16(12)21-17(13)14;1-10-6-14-16(7-11(10)2)19-9-15-13-5-4-12(21-3)8-17(13)20-18(14)15;1-9-5-13-15(6-10(9)2)18-8-14-12-4-3-11(20(21)22)7-16(12)19-17(13)14/h4-9,22H,1-3H3,(H,21,23);3-8,23H,1-2H3;3-8,23H,1-2H3;3-8,21H,1-2H3,(H2,19,22);4-9,20H,1-3H3;3-8,19H,1-2H3. The number of non-ortho nitro benzene ring substituents is 1. The van der Waals surface area contributed by atoms with Crippen LogP contribution < -0.4 is 20.5 Å². The number of hydrogen-bond donors (Lipinski definition) is 8. The van der Waals surface area contributed by atoms with E-state index in [0.717, 1.165) is 220 Å². The first-order chi connectivity index (χ1) is 64.4. The fourth-order valence-electron chi connectivity index (χ4n) is 17.8. The van der Waals surface area contributed by atoms with E-state index < -0.39 is 24.0 Å². The number of alkyl halides is 6. The van der Waals surface area contributed by atoms with Crippen LogP contribution in [0.2, 0.25) is 0 Å². The number of rotatable bonds is 5. The van der Waals surface area contributed by atoms with Crippen molar-refractivity contribution in [2.75, 3.05) is 12.4 Å². The molecule has 672 valence electrons. The van der Waals surface area contributed by atoms with Crippen LogP contribution in [-0.2, 0) is 11.0 Å². The zero-order valence-electron chi connectivity index (χ0n) is 75.7. The second-order valence-corrected chi connectivity index (χ2v) is 34.7. The summed E-state index contributed by atoms with van der Waals surface area (Å²) in [5.41, 5.74) is 36.9. The van der Waals surface area contributed by atoms with Gasteiger partial charge in [-0.3, -0.25) is 49.6 Å². The molecular weight excluding hydrogens is 1720 g/mol. The molecule has 0 radical (unpaired) electrons. The van der Waals surface area contributed by atoms with Crippen LogP contribution in [0.25, 0.3) is 196 Å². The van der Waals surface area contributed by atoms with Gasteiger partial charge in [-0.1, -0.05) is 18.2 Å². The summed E-state index contributed by atoms with van der Waals surface area (Å²) in [6.07, 6.45) is 2.00. The number of methoxy groups -OCH3 is 1. The van der Waals surface area contributed by atoms with Gasteiger partial charge in [-0.15, -0.1) is 13.2 Å². The fraction of sp³-hybridized carbons (Fsp3) is 0.148. The number of benzene rings is 12. The maximum absolute atomic E-state index is 12.9. The maximum atomic E-state index is 12.9. The van der Waals surface area contributed by atoms with E-state index in [1.165, 1.54) is 86.5 Å². The highest BCUT2D eigenvalue weighted by atomic mass is 19.4. The van der Waals surface area contributed by atoms with Crippen LogP contribution >= 0.6 is 0 Å². The fourth-order valence-corrected chi connectivity index (χ4v) is 17.8. The summed E-state index contributed by atoms with van der Waals surface area (Å²) >= 11 is 0. The summed E-state index contributed by atoms with van der Waals surface area (Å²) in [5, 5.41) is 31.9. The number of aromatic nitrogens is 12. The molecule has 27 heteroatoms. The first-order valence-electron chi connectivity index (χ1n) is 43.4. The highest BCUT2D eigenvalue weighted by molar-refractivity contribution is 6.22. The molecule has 24 rings (SSSR count). The lowest BCUT2D eigenvalue weighted by Gasteiger charge is -2.08. The number of H-pyrrole nitrogens is 6. The highest BCUT2D eigenvalue weighted by Crippen LogP contribution is 2.42.